The van der Waals surface area contributed by atoms with Gasteiger partial charge in [-0.2, -0.15) is 13.2 Å². The summed E-state index contributed by atoms with van der Waals surface area (Å²) >= 11 is 0. The van der Waals surface area contributed by atoms with Crippen molar-refractivity contribution >= 4 is 11.6 Å². The maximum Gasteiger partial charge on any atom is 0.416 e. The number of benzene rings is 3. The highest BCUT2D eigenvalue weighted by Gasteiger charge is 2.30. The van der Waals surface area contributed by atoms with Crippen LogP contribution >= 0.6 is 0 Å². The molecule has 0 aliphatic rings. The monoisotopic (exact) mass is 389 g/mol. The number of amides is 1. The first kappa shape index (κ1) is 19.4. The van der Waals surface area contributed by atoms with E-state index in [1.807, 2.05) is 0 Å². The van der Waals surface area contributed by atoms with Gasteiger partial charge in [0.25, 0.3) is 5.91 Å². The fourth-order valence-electron chi connectivity index (χ4n) is 2.50. The summed E-state index contributed by atoms with van der Waals surface area (Å²) < 4.78 is 56.8. The standard InChI is InChI=1S/C21H15F4NO2/c22-16-8-10-17(11-9-16)26-20(27)19(14-4-2-1-3-5-14)28-18-12-6-15(7-13-18)21(23,24)25/h1-13,19H,(H,26,27)/t19-/m1/s1. The number of ether oxygens (including phenoxy) is 1. The van der Waals surface area contributed by atoms with Crippen molar-refractivity contribution in [2.75, 3.05) is 5.32 Å². The molecule has 0 heterocycles. The predicted molar refractivity (Wildman–Crippen MR) is 96.3 cm³/mol. The Kier molecular flexibility index (Phi) is 5.63. The Balaban J connectivity index is 1.83. The van der Waals surface area contributed by atoms with Gasteiger partial charge in [-0.05, 0) is 48.5 Å². The molecule has 3 aromatic rings. The van der Waals surface area contributed by atoms with E-state index in [2.05, 4.69) is 5.32 Å². The lowest BCUT2D eigenvalue weighted by atomic mass is 10.1. The van der Waals surface area contributed by atoms with E-state index in [0.717, 1.165) is 24.3 Å². The Morgan fingerprint density at radius 3 is 2.04 bits per heavy atom. The van der Waals surface area contributed by atoms with Gasteiger partial charge in [-0.25, -0.2) is 4.39 Å². The van der Waals surface area contributed by atoms with Crippen LogP contribution in [0.1, 0.15) is 17.2 Å². The molecule has 0 spiro atoms. The average molecular weight is 389 g/mol. The SMILES string of the molecule is O=C(Nc1ccc(F)cc1)[C@H](Oc1ccc(C(F)(F)F)cc1)c1ccccc1. The number of hydrogen-bond donors (Lipinski definition) is 1. The molecule has 1 N–H and O–H groups in total. The number of halogens is 4. The van der Waals surface area contributed by atoms with E-state index in [1.54, 1.807) is 30.3 Å². The van der Waals surface area contributed by atoms with Gasteiger partial charge in [0.15, 0.2) is 0 Å². The smallest absolute Gasteiger partial charge is 0.416 e. The van der Waals surface area contributed by atoms with Crippen molar-refractivity contribution in [1.82, 2.24) is 0 Å². The Hall–Kier alpha value is -3.35. The molecule has 0 aliphatic carbocycles. The summed E-state index contributed by atoms with van der Waals surface area (Å²) in [5.41, 5.74) is 0.0669. The summed E-state index contributed by atoms with van der Waals surface area (Å²) in [4.78, 5) is 12.7. The summed E-state index contributed by atoms with van der Waals surface area (Å²) in [5.74, 6) is -0.882. The normalized spacial score (nSPS) is 12.3. The molecule has 0 saturated carbocycles. The van der Waals surface area contributed by atoms with Crippen molar-refractivity contribution < 1.29 is 27.1 Å². The van der Waals surface area contributed by atoms with E-state index < -0.39 is 29.6 Å². The minimum Gasteiger partial charge on any atom is -0.476 e. The van der Waals surface area contributed by atoms with Crippen LogP contribution in [0.3, 0.4) is 0 Å². The maximum atomic E-state index is 13.0. The molecule has 1 amide bonds. The topological polar surface area (TPSA) is 38.3 Å². The van der Waals surface area contributed by atoms with Gasteiger partial charge in [-0.3, -0.25) is 4.79 Å². The van der Waals surface area contributed by atoms with Crippen LogP contribution in [0.15, 0.2) is 78.9 Å². The molecular weight excluding hydrogens is 374 g/mol. The Labute approximate surface area is 158 Å². The number of anilines is 1. The van der Waals surface area contributed by atoms with Crippen LogP contribution in [0.5, 0.6) is 5.75 Å². The third-order valence-corrected chi connectivity index (χ3v) is 3.89. The van der Waals surface area contributed by atoms with Crippen LogP contribution in [-0.2, 0) is 11.0 Å². The lowest BCUT2D eigenvalue weighted by molar-refractivity contribution is -0.137. The molecule has 0 aromatic heterocycles. The van der Waals surface area contributed by atoms with Gasteiger partial charge in [0, 0.05) is 11.3 Å². The van der Waals surface area contributed by atoms with Crippen molar-refractivity contribution in [3.63, 3.8) is 0 Å². The van der Waals surface area contributed by atoms with Gasteiger partial charge in [-0.15, -0.1) is 0 Å². The molecule has 28 heavy (non-hydrogen) atoms. The molecule has 0 unspecified atom stereocenters. The fraction of sp³-hybridized carbons (Fsp3) is 0.0952. The fourth-order valence-corrected chi connectivity index (χ4v) is 2.50. The van der Waals surface area contributed by atoms with Gasteiger partial charge in [0.05, 0.1) is 5.56 Å². The molecule has 0 fully saturated rings. The van der Waals surface area contributed by atoms with Crippen LogP contribution in [-0.4, -0.2) is 5.91 Å². The average Bonchev–Trinajstić information content (AvgIpc) is 2.68. The summed E-state index contributed by atoms with van der Waals surface area (Å²) in [6.07, 6.45) is -5.57. The van der Waals surface area contributed by atoms with Crippen molar-refractivity contribution in [3.05, 3.63) is 95.8 Å². The Morgan fingerprint density at radius 1 is 0.857 bits per heavy atom. The van der Waals surface area contributed by atoms with Crippen molar-refractivity contribution in [3.8, 4) is 5.75 Å². The zero-order valence-corrected chi connectivity index (χ0v) is 14.4. The van der Waals surface area contributed by atoms with E-state index in [1.165, 1.54) is 24.3 Å². The zero-order valence-electron chi connectivity index (χ0n) is 14.4. The molecule has 0 aliphatic heterocycles. The lowest BCUT2D eigenvalue weighted by Crippen LogP contribution is -2.25. The maximum absolute atomic E-state index is 13.0. The van der Waals surface area contributed by atoms with Crippen molar-refractivity contribution in [2.45, 2.75) is 12.3 Å². The van der Waals surface area contributed by atoms with E-state index in [-0.39, 0.29) is 5.75 Å². The molecule has 0 saturated heterocycles. The van der Waals surface area contributed by atoms with Gasteiger partial charge in [0.1, 0.15) is 11.6 Å². The largest absolute Gasteiger partial charge is 0.476 e. The summed E-state index contributed by atoms with van der Waals surface area (Å²) in [6, 6.07) is 17.8. The first-order valence-corrected chi connectivity index (χ1v) is 8.28. The van der Waals surface area contributed by atoms with E-state index in [9.17, 15) is 22.4 Å². The summed E-state index contributed by atoms with van der Waals surface area (Å²) in [6.45, 7) is 0. The number of hydrogen-bond acceptors (Lipinski definition) is 2. The highest BCUT2D eigenvalue weighted by atomic mass is 19.4. The Morgan fingerprint density at radius 2 is 1.46 bits per heavy atom. The number of rotatable bonds is 5. The summed E-state index contributed by atoms with van der Waals surface area (Å²) in [7, 11) is 0. The molecule has 144 valence electrons. The second kappa shape index (κ2) is 8.12. The van der Waals surface area contributed by atoms with Crippen LogP contribution < -0.4 is 10.1 Å². The van der Waals surface area contributed by atoms with Crippen molar-refractivity contribution in [1.29, 1.82) is 0 Å². The molecule has 1 atom stereocenters. The number of carbonyl (C=O) groups excluding carboxylic acids is 1. The van der Waals surface area contributed by atoms with Crippen LogP contribution in [0.2, 0.25) is 0 Å². The third-order valence-electron chi connectivity index (χ3n) is 3.89. The Bertz CT molecular complexity index is 923. The van der Waals surface area contributed by atoms with Crippen LogP contribution in [0.25, 0.3) is 0 Å². The minimum atomic E-state index is -4.46. The second-order valence-corrected chi connectivity index (χ2v) is 5.93. The molecule has 3 nitrogen and oxygen atoms in total. The first-order valence-electron chi connectivity index (χ1n) is 8.28. The van der Waals surface area contributed by atoms with Crippen molar-refractivity contribution in [2.24, 2.45) is 0 Å². The summed E-state index contributed by atoms with van der Waals surface area (Å²) in [5, 5.41) is 2.61. The molecular formula is C21H15F4NO2. The zero-order chi connectivity index (χ0) is 20.1. The molecule has 3 aromatic carbocycles. The molecule has 7 heteroatoms. The van der Waals surface area contributed by atoms with Crippen LogP contribution in [0, 0.1) is 5.82 Å². The first-order chi connectivity index (χ1) is 13.3. The predicted octanol–water partition coefficient (Wildman–Crippen LogP) is 5.60. The molecule has 0 radical (unpaired) electrons. The van der Waals surface area contributed by atoms with E-state index in [0.29, 0.717) is 11.3 Å². The van der Waals surface area contributed by atoms with E-state index >= 15 is 0 Å². The third kappa shape index (κ3) is 4.88. The van der Waals surface area contributed by atoms with Crippen LogP contribution in [0.4, 0.5) is 23.2 Å². The molecule has 3 rings (SSSR count). The number of carbonyl (C=O) groups is 1. The van der Waals surface area contributed by atoms with Gasteiger partial charge < -0.3 is 10.1 Å². The number of alkyl halides is 3. The quantitative estimate of drug-likeness (QED) is 0.577. The van der Waals surface area contributed by atoms with Gasteiger partial charge in [-0.1, -0.05) is 30.3 Å². The van der Waals surface area contributed by atoms with Gasteiger partial charge in [0.2, 0.25) is 6.10 Å². The minimum absolute atomic E-state index is 0.108. The lowest BCUT2D eigenvalue weighted by Gasteiger charge is -2.19. The highest BCUT2D eigenvalue weighted by Crippen LogP contribution is 2.31. The van der Waals surface area contributed by atoms with Gasteiger partial charge >= 0.3 is 6.18 Å². The molecule has 0 bridgehead atoms. The van der Waals surface area contributed by atoms with E-state index in [4.69, 9.17) is 4.74 Å². The number of nitrogens with one attached hydrogen (secondary N) is 1. The highest BCUT2D eigenvalue weighted by molar-refractivity contribution is 5.95. The second-order valence-electron chi connectivity index (χ2n) is 5.93.